The highest BCUT2D eigenvalue weighted by Crippen LogP contribution is 2.32. The molecule has 0 radical (unpaired) electrons. The van der Waals surface area contributed by atoms with Crippen molar-refractivity contribution in [3.8, 4) is 5.69 Å². The van der Waals surface area contributed by atoms with Gasteiger partial charge in [0, 0.05) is 24.7 Å². The third-order valence-corrected chi connectivity index (χ3v) is 5.50. The average Bonchev–Trinajstić information content (AvgIpc) is 3.48. The van der Waals surface area contributed by atoms with E-state index in [2.05, 4.69) is 4.98 Å². The predicted octanol–water partition coefficient (Wildman–Crippen LogP) is 2.95. The summed E-state index contributed by atoms with van der Waals surface area (Å²) in [4.78, 5) is 41.7. The van der Waals surface area contributed by atoms with Gasteiger partial charge in [0.1, 0.15) is 0 Å². The van der Waals surface area contributed by atoms with Crippen LogP contribution in [0.25, 0.3) is 16.9 Å². The summed E-state index contributed by atoms with van der Waals surface area (Å²) >= 11 is 0. The molecule has 0 spiro atoms. The van der Waals surface area contributed by atoms with Gasteiger partial charge in [0.2, 0.25) is 0 Å². The zero-order valence-electron chi connectivity index (χ0n) is 16.8. The molecule has 2 aromatic heterocycles. The van der Waals surface area contributed by atoms with Crippen LogP contribution in [0.3, 0.4) is 0 Å². The number of fused-ring (bicyclic) bond motifs is 1. The van der Waals surface area contributed by atoms with Gasteiger partial charge in [0.25, 0.3) is 11.2 Å². The molecule has 0 bridgehead atoms. The van der Waals surface area contributed by atoms with E-state index in [1.54, 1.807) is 16.7 Å². The van der Waals surface area contributed by atoms with Gasteiger partial charge in [-0.3, -0.25) is 19.5 Å². The first-order chi connectivity index (χ1) is 14.9. The van der Waals surface area contributed by atoms with Crippen LogP contribution in [-0.2, 0) is 6.54 Å². The van der Waals surface area contributed by atoms with Crippen LogP contribution < -0.4 is 11.2 Å². The number of non-ortho nitro benzene ring substituents is 1. The van der Waals surface area contributed by atoms with E-state index in [9.17, 15) is 19.7 Å². The average molecular weight is 417 g/mol. The van der Waals surface area contributed by atoms with Crippen molar-refractivity contribution < 1.29 is 4.92 Å². The Kier molecular flexibility index (Phi) is 4.32. The van der Waals surface area contributed by atoms with E-state index < -0.39 is 10.6 Å². The molecule has 5 rings (SSSR count). The summed E-state index contributed by atoms with van der Waals surface area (Å²) in [5.41, 5.74) is 2.08. The van der Waals surface area contributed by atoms with Gasteiger partial charge in [-0.2, -0.15) is 0 Å². The molecule has 0 atom stereocenters. The number of imidazole rings is 1. The number of hydrogen-bond donors (Lipinski definition) is 0. The van der Waals surface area contributed by atoms with E-state index in [0.717, 1.165) is 18.4 Å². The van der Waals surface area contributed by atoms with Gasteiger partial charge < -0.3 is 4.57 Å². The monoisotopic (exact) mass is 417 g/mol. The maximum absolute atomic E-state index is 13.3. The van der Waals surface area contributed by atoms with Crippen LogP contribution in [0.4, 0.5) is 5.69 Å². The highest BCUT2D eigenvalue weighted by atomic mass is 16.6. The van der Waals surface area contributed by atoms with E-state index in [1.807, 2.05) is 31.2 Å². The van der Waals surface area contributed by atoms with Crippen molar-refractivity contribution in [2.24, 2.45) is 0 Å². The summed E-state index contributed by atoms with van der Waals surface area (Å²) in [7, 11) is 0. The Morgan fingerprint density at radius 3 is 2.61 bits per heavy atom. The lowest BCUT2D eigenvalue weighted by Gasteiger charge is -2.12. The molecule has 9 nitrogen and oxygen atoms in total. The number of nitrogens with zero attached hydrogens (tertiary/aromatic N) is 5. The molecule has 156 valence electrons. The number of rotatable bonds is 5. The Labute approximate surface area is 176 Å². The van der Waals surface area contributed by atoms with Gasteiger partial charge in [0.15, 0.2) is 11.2 Å². The molecule has 2 aromatic carbocycles. The van der Waals surface area contributed by atoms with E-state index in [4.69, 9.17) is 0 Å². The standard InChI is InChI=1S/C22H19N5O4/c1-14-4-2-6-17(10-14)25-20-19(21(28)26(22(25)29)16-8-9-16)24(13-23-20)12-15-5-3-7-18(11-15)27(30)31/h2-7,10-11,13,16H,8-9,12H2,1H3. The normalized spacial score (nSPS) is 13.6. The lowest BCUT2D eigenvalue weighted by atomic mass is 10.2. The molecule has 4 aromatic rings. The quantitative estimate of drug-likeness (QED) is 0.367. The molecule has 1 aliphatic rings. The predicted molar refractivity (Wildman–Crippen MR) is 115 cm³/mol. The number of hydrogen-bond acceptors (Lipinski definition) is 5. The van der Waals surface area contributed by atoms with Gasteiger partial charge in [-0.05, 0) is 43.0 Å². The van der Waals surface area contributed by atoms with Gasteiger partial charge in [0.05, 0.1) is 16.9 Å². The largest absolute Gasteiger partial charge is 0.337 e. The first-order valence-electron chi connectivity index (χ1n) is 9.97. The zero-order valence-corrected chi connectivity index (χ0v) is 16.8. The number of nitro benzene ring substituents is 1. The summed E-state index contributed by atoms with van der Waals surface area (Å²) in [6, 6.07) is 13.6. The minimum absolute atomic E-state index is 0.0195. The summed E-state index contributed by atoms with van der Waals surface area (Å²) in [5.74, 6) is 0. The molecule has 0 saturated heterocycles. The summed E-state index contributed by atoms with van der Waals surface area (Å²) < 4.78 is 4.45. The van der Waals surface area contributed by atoms with Crippen LogP contribution in [0, 0.1) is 17.0 Å². The molecule has 31 heavy (non-hydrogen) atoms. The minimum atomic E-state index is -0.453. The van der Waals surface area contributed by atoms with Crippen molar-refractivity contribution in [3.63, 3.8) is 0 Å². The first-order valence-corrected chi connectivity index (χ1v) is 9.97. The van der Waals surface area contributed by atoms with Crippen molar-refractivity contribution in [2.75, 3.05) is 0 Å². The molecule has 2 heterocycles. The fourth-order valence-corrected chi connectivity index (χ4v) is 3.89. The van der Waals surface area contributed by atoms with Crippen molar-refractivity contribution in [1.29, 1.82) is 0 Å². The van der Waals surface area contributed by atoms with Gasteiger partial charge in [-0.25, -0.2) is 14.3 Å². The Hall–Kier alpha value is -4.01. The smallest absolute Gasteiger partial charge is 0.320 e. The molecule has 9 heteroatoms. The summed E-state index contributed by atoms with van der Waals surface area (Å²) in [5, 5.41) is 11.1. The van der Waals surface area contributed by atoms with Crippen molar-refractivity contribution in [3.05, 3.63) is 96.9 Å². The molecule has 0 amide bonds. The molecular weight excluding hydrogens is 398 g/mol. The maximum Gasteiger partial charge on any atom is 0.337 e. The number of aryl methyl sites for hydroxylation is 1. The summed E-state index contributed by atoms with van der Waals surface area (Å²) in [6.45, 7) is 2.16. The second-order valence-corrected chi connectivity index (χ2v) is 7.84. The third kappa shape index (κ3) is 3.24. The SMILES string of the molecule is Cc1cccc(-n2c(=O)n(C3CC3)c(=O)c3c2ncn3Cc2cccc([N+](=O)[O-])c2)c1. The number of aromatic nitrogens is 4. The molecule has 1 fully saturated rings. The molecule has 0 N–H and O–H groups in total. The lowest BCUT2D eigenvalue weighted by Crippen LogP contribution is -2.39. The van der Waals surface area contributed by atoms with E-state index in [0.29, 0.717) is 16.8 Å². The fourth-order valence-electron chi connectivity index (χ4n) is 3.89. The topological polar surface area (TPSA) is 105 Å². The molecule has 1 saturated carbocycles. The third-order valence-electron chi connectivity index (χ3n) is 5.50. The van der Waals surface area contributed by atoms with Crippen molar-refractivity contribution >= 4 is 16.9 Å². The van der Waals surface area contributed by atoms with E-state index >= 15 is 0 Å². The number of nitro groups is 1. The Bertz CT molecular complexity index is 1460. The fraction of sp³-hybridized carbons (Fsp3) is 0.227. The molecule has 1 aliphatic carbocycles. The lowest BCUT2D eigenvalue weighted by molar-refractivity contribution is -0.384. The summed E-state index contributed by atoms with van der Waals surface area (Å²) in [6.07, 6.45) is 3.08. The van der Waals surface area contributed by atoms with Crippen molar-refractivity contribution in [2.45, 2.75) is 32.4 Å². The van der Waals surface area contributed by atoms with E-state index in [1.165, 1.54) is 27.6 Å². The van der Waals surface area contributed by atoms with E-state index in [-0.39, 0.29) is 29.5 Å². The Balaban J connectivity index is 1.74. The minimum Gasteiger partial charge on any atom is -0.320 e. The zero-order chi connectivity index (χ0) is 21.7. The van der Waals surface area contributed by atoms with Crippen LogP contribution in [0.1, 0.15) is 30.0 Å². The van der Waals surface area contributed by atoms with Crippen LogP contribution in [0.5, 0.6) is 0 Å². The van der Waals surface area contributed by atoms with Crippen LogP contribution in [0.2, 0.25) is 0 Å². The first kappa shape index (κ1) is 19.0. The van der Waals surface area contributed by atoms with Crippen molar-refractivity contribution in [1.82, 2.24) is 18.7 Å². The Morgan fingerprint density at radius 2 is 1.90 bits per heavy atom. The van der Waals surface area contributed by atoms with Crippen LogP contribution in [0.15, 0.2) is 64.4 Å². The molecule has 0 unspecified atom stereocenters. The van der Waals surface area contributed by atoms with Gasteiger partial charge in [-0.15, -0.1) is 0 Å². The van der Waals surface area contributed by atoms with Gasteiger partial charge >= 0.3 is 5.69 Å². The molecule has 0 aliphatic heterocycles. The molecular formula is C22H19N5O4. The van der Waals surface area contributed by atoms with Crippen LogP contribution in [-0.4, -0.2) is 23.6 Å². The maximum atomic E-state index is 13.3. The highest BCUT2D eigenvalue weighted by molar-refractivity contribution is 5.72. The second kappa shape index (κ2) is 7.05. The Morgan fingerprint density at radius 1 is 1.13 bits per heavy atom. The highest BCUT2D eigenvalue weighted by Gasteiger charge is 2.30. The van der Waals surface area contributed by atoms with Gasteiger partial charge in [-0.1, -0.05) is 24.3 Å². The number of benzene rings is 2. The second-order valence-electron chi connectivity index (χ2n) is 7.84. The van der Waals surface area contributed by atoms with Crippen LogP contribution >= 0.6 is 0 Å².